The summed E-state index contributed by atoms with van der Waals surface area (Å²) in [5.74, 6) is 0.0338. The normalized spacial score (nSPS) is 10.3. The quantitative estimate of drug-likeness (QED) is 0.578. The van der Waals surface area contributed by atoms with Gasteiger partial charge in [0.25, 0.3) is 5.91 Å². The van der Waals surface area contributed by atoms with E-state index in [-0.39, 0.29) is 0 Å². The van der Waals surface area contributed by atoms with E-state index in [2.05, 4.69) is 5.32 Å². The minimum absolute atomic E-state index is 0.412. The summed E-state index contributed by atoms with van der Waals surface area (Å²) in [6.45, 7) is 1.59. The van der Waals surface area contributed by atoms with Gasteiger partial charge in [-0.1, -0.05) is 29.8 Å². The number of ether oxygens (including phenoxy) is 3. The average Bonchev–Trinajstić information content (AvgIpc) is 3.22. The Balaban J connectivity index is 1.65. The zero-order chi connectivity index (χ0) is 20.8. The molecule has 0 aliphatic heterocycles. The Kier molecular flexibility index (Phi) is 6.51. The molecule has 3 aromatic rings. The Labute approximate surface area is 173 Å². The molecule has 3 rings (SSSR count). The molecule has 0 atom stereocenters. The van der Waals surface area contributed by atoms with Crippen molar-refractivity contribution in [1.82, 2.24) is 0 Å². The maximum Gasteiger partial charge on any atom is 0.349 e. The standard InChI is InChI=1S/C22H21NO5S/c1-14-4-6-15(7-5-14)17-10-11-29-21(17)22(25)28-13-20(24)23-18-12-16(26-2)8-9-19(18)27-3/h4-12H,13H2,1-3H3,(H,23,24). The number of anilines is 1. The smallest absolute Gasteiger partial charge is 0.349 e. The molecule has 1 N–H and O–H groups in total. The first-order chi connectivity index (χ1) is 14.0. The second-order valence-electron chi connectivity index (χ2n) is 6.22. The molecule has 0 spiro atoms. The molecule has 0 fully saturated rings. The van der Waals surface area contributed by atoms with Crippen molar-refractivity contribution in [3.8, 4) is 22.6 Å². The SMILES string of the molecule is COc1ccc(OC)c(NC(=O)COC(=O)c2sccc2-c2ccc(C)cc2)c1. The van der Waals surface area contributed by atoms with Crippen LogP contribution in [0.4, 0.5) is 5.69 Å². The lowest BCUT2D eigenvalue weighted by atomic mass is 10.1. The Bertz CT molecular complexity index is 1010. The molecule has 6 nitrogen and oxygen atoms in total. The molecule has 0 saturated carbocycles. The second-order valence-corrected chi connectivity index (χ2v) is 7.14. The molecule has 0 bridgehead atoms. The van der Waals surface area contributed by atoms with Gasteiger partial charge in [-0.25, -0.2) is 4.79 Å². The molecule has 0 aliphatic rings. The van der Waals surface area contributed by atoms with Crippen LogP contribution in [0.1, 0.15) is 15.2 Å². The molecule has 2 aromatic carbocycles. The van der Waals surface area contributed by atoms with Crippen LogP contribution in [-0.2, 0) is 9.53 Å². The molecule has 150 valence electrons. The number of aryl methyl sites for hydroxylation is 1. The van der Waals surface area contributed by atoms with Crippen molar-refractivity contribution >= 4 is 28.9 Å². The lowest BCUT2D eigenvalue weighted by Crippen LogP contribution is -2.21. The van der Waals surface area contributed by atoms with Gasteiger partial charge >= 0.3 is 5.97 Å². The number of carbonyl (C=O) groups is 2. The number of hydrogen-bond acceptors (Lipinski definition) is 6. The second kappa shape index (κ2) is 9.25. The largest absolute Gasteiger partial charge is 0.497 e. The van der Waals surface area contributed by atoms with Crippen molar-refractivity contribution in [1.29, 1.82) is 0 Å². The zero-order valence-corrected chi connectivity index (χ0v) is 17.2. The van der Waals surface area contributed by atoms with Gasteiger partial charge in [-0.2, -0.15) is 0 Å². The van der Waals surface area contributed by atoms with Gasteiger partial charge in [0.2, 0.25) is 0 Å². The maximum atomic E-state index is 12.5. The molecule has 0 radical (unpaired) electrons. The van der Waals surface area contributed by atoms with Crippen LogP contribution in [-0.4, -0.2) is 32.7 Å². The highest BCUT2D eigenvalue weighted by Crippen LogP contribution is 2.30. The lowest BCUT2D eigenvalue weighted by Gasteiger charge is -2.12. The highest BCUT2D eigenvalue weighted by Gasteiger charge is 2.18. The van der Waals surface area contributed by atoms with Crippen molar-refractivity contribution in [2.24, 2.45) is 0 Å². The van der Waals surface area contributed by atoms with Gasteiger partial charge < -0.3 is 19.5 Å². The highest BCUT2D eigenvalue weighted by atomic mass is 32.1. The summed E-state index contributed by atoms with van der Waals surface area (Å²) in [6, 6.07) is 14.8. The monoisotopic (exact) mass is 411 g/mol. The Hall–Kier alpha value is -3.32. The summed E-state index contributed by atoms with van der Waals surface area (Å²) in [6.07, 6.45) is 0. The van der Waals surface area contributed by atoms with Crippen LogP contribution in [0.3, 0.4) is 0 Å². The minimum atomic E-state index is -0.539. The topological polar surface area (TPSA) is 73.9 Å². The minimum Gasteiger partial charge on any atom is -0.497 e. The highest BCUT2D eigenvalue weighted by molar-refractivity contribution is 7.12. The molecule has 0 saturated heterocycles. The van der Waals surface area contributed by atoms with E-state index in [0.717, 1.165) is 16.7 Å². The summed E-state index contributed by atoms with van der Waals surface area (Å²) in [5.41, 5.74) is 3.28. The number of thiophene rings is 1. The first-order valence-corrected chi connectivity index (χ1v) is 9.73. The third-order valence-electron chi connectivity index (χ3n) is 4.23. The van der Waals surface area contributed by atoms with Crippen molar-refractivity contribution in [2.75, 3.05) is 26.1 Å². The third kappa shape index (κ3) is 4.94. The average molecular weight is 411 g/mol. The summed E-state index contributed by atoms with van der Waals surface area (Å²) >= 11 is 1.28. The van der Waals surface area contributed by atoms with Gasteiger partial charge in [-0.15, -0.1) is 11.3 Å². The number of carbonyl (C=O) groups excluding carboxylic acids is 2. The summed E-state index contributed by atoms with van der Waals surface area (Å²) in [4.78, 5) is 25.2. The fourth-order valence-corrected chi connectivity index (χ4v) is 3.53. The van der Waals surface area contributed by atoms with E-state index in [9.17, 15) is 9.59 Å². The number of nitrogens with one attached hydrogen (secondary N) is 1. The van der Waals surface area contributed by atoms with Gasteiger partial charge in [0.1, 0.15) is 16.4 Å². The molecule has 0 unspecified atom stereocenters. The molecule has 1 heterocycles. The number of amides is 1. The predicted molar refractivity (Wildman–Crippen MR) is 113 cm³/mol. The molecular formula is C22H21NO5S. The van der Waals surface area contributed by atoms with Crippen LogP contribution in [0.25, 0.3) is 11.1 Å². The van der Waals surface area contributed by atoms with E-state index in [4.69, 9.17) is 14.2 Å². The first-order valence-electron chi connectivity index (χ1n) is 8.85. The van der Waals surface area contributed by atoms with Crippen molar-refractivity contribution in [2.45, 2.75) is 6.92 Å². The van der Waals surface area contributed by atoms with Crippen LogP contribution in [0.2, 0.25) is 0 Å². The van der Waals surface area contributed by atoms with E-state index in [1.165, 1.54) is 25.6 Å². The Morgan fingerprint density at radius 3 is 2.45 bits per heavy atom. The number of methoxy groups -OCH3 is 2. The number of rotatable bonds is 7. The van der Waals surface area contributed by atoms with Crippen molar-refractivity contribution < 1.29 is 23.8 Å². The molecule has 1 amide bonds. The number of benzene rings is 2. The molecular weight excluding hydrogens is 390 g/mol. The molecule has 1 aromatic heterocycles. The van der Waals surface area contributed by atoms with E-state index >= 15 is 0 Å². The van der Waals surface area contributed by atoms with Gasteiger partial charge in [-0.3, -0.25) is 4.79 Å². The Morgan fingerprint density at radius 2 is 1.76 bits per heavy atom. The first kappa shape index (κ1) is 20.4. The van der Waals surface area contributed by atoms with Gasteiger partial charge in [0, 0.05) is 11.6 Å². The van der Waals surface area contributed by atoms with Crippen molar-refractivity contribution in [3.05, 3.63) is 64.4 Å². The summed E-state index contributed by atoms with van der Waals surface area (Å²) < 4.78 is 15.6. The van der Waals surface area contributed by atoms with Crippen LogP contribution in [0.15, 0.2) is 53.9 Å². The third-order valence-corrected chi connectivity index (χ3v) is 5.12. The van der Waals surface area contributed by atoms with Crippen LogP contribution in [0, 0.1) is 6.92 Å². The number of hydrogen-bond donors (Lipinski definition) is 1. The van der Waals surface area contributed by atoms with E-state index in [1.54, 1.807) is 18.2 Å². The van der Waals surface area contributed by atoms with Gasteiger partial charge in [0.15, 0.2) is 6.61 Å². The number of esters is 1. The zero-order valence-electron chi connectivity index (χ0n) is 16.4. The molecule has 0 aliphatic carbocycles. The fourth-order valence-electron chi connectivity index (χ4n) is 2.72. The van der Waals surface area contributed by atoms with Crippen LogP contribution in [0.5, 0.6) is 11.5 Å². The predicted octanol–water partition coefficient (Wildman–Crippen LogP) is 4.54. The maximum absolute atomic E-state index is 12.5. The summed E-state index contributed by atoms with van der Waals surface area (Å²) in [5, 5.41) is 4.50. The van der Waals surface area contributed by atoms with E-state index < -0.39 is 18.5 Å². The van der Waals surface area contributed by atoms with E-state index in [0.29, 0.717) is 22.1 Å². The molecule has 7 heteroatoms. The molecule has 29 heavy (non-hydrogen) atoms. The Morgan fingerprint density at radius 1 is 1.00 bits per heavy atom. The van der Waals surface area contributed by atoms with Crippen LogP contribution < -0.4 is 14.8 Å². The fraction of sp³-hybridized carbons (Fsp3) is 0.182. The lowest BCUT2D eigenvalue weighted by molar-refractivity contribution is -0.119. The van der Waals surface area contributed by atoms with Crippen LogP contribution >= 0.6 is 11.3 Å². The van der Waals surface area contributed by atoms with Gasteiger partial charge in [-0.05, 0) is 36.1 Å². The van der Waals surface area contributed by atoms with Gasteiger partial charge in [0.05, 0.1) is 19.9 Å². The summed E-state index contributed by atoms with van der Waals surface area (Å²) in [7, 11) is 3.03. The van der Waals surface area contributed by atoms with Crippen molar-refractivity contribution in [3.63, 3.8) is 0 Å². The van der Waals surface area contributed by atoms with E-state index in [1.807, 2.05) is 42.6 Å².